The smallest absolute Gasteiger partial charge is 0.340 e. The summed E-state index contributed by atoms with van der Waals surface area (Å²) in [6.07, 6.45) is 6.06. The summed E-state index contributed by atoms with van der Waals surface area (Å²) in [6, 6.07) is 5.34. The van der Waals surface area contributed by atoms with Crippen LogP contribution in [0.5, 0.6) is 5.88 Å². The fourth-order valence-electron chi connectivity index (χ4n) is 5.50. The maximum absolute atomic E-state index is 12.5. The molecule has 3 N–H and O–H groups in total. The highest BCUT2D eigenvalue weighted by molar-refractivity contribution is 7.91. The number of nitrogens with two attached hydrogens (primary N) is 1. The first-order valence-corrected chi connectivity index (χ1v) is 15.6. The number of nitrogens with zero attached hydrogens (tertiary/aromatic N) is 3. The topological polar surface area (TPSA) is 156 Å². The zero-order chi connectivity index (χ0) is 29.7. The molecule has 5 rings (SSSR count). The van der Waals surface area contributed by atoms with Crippen LogP contribution in [-0.4, -0.2) is 66.8 Å². The van der Waals surface area contributed by atoms with Gasteiger partial charge in [0.15, 0.2) is 0 Å². The first kappa shape index (κ1) is 29.2. The Balaban J connectivity index is 1.50. The molecule has 1 fully saturated rings. The Hall–Kier alpha value is -3.35. The predicted molar refractivity (Wildman–Crippen MR) is 155 cm³/mol. The largest absolute Gasteiger partial charge is 0.474 e. The number of aromatic nitrogens is 3. The number of esters is 1. The molecule has 41 heavy (non-hydrogen) atoms. The molecule has 220 valence electrons. The van der Waals surface area contributed by atoms with Gasteiger partial charge in [-0.15, -0.1) is 0 Å². The molecule has 4 atom stereocenters. The van der Waals surface area contributed by atoms with E-state index in [2.05, 4.69) is 15.3 Å². The van der Waals surface area contributed by atoms with Crippen molar-refractivity contribution in [3.8, 4) is 5.88 Å². The van der Waals surface area contributed by atoms with Crippen molar-refractivity contribution in [2.75, 3.05) is 25.3 Å². The van der Waals surface area contributed by atoms with Gasteiger partial charge in [-0.2, -0.15) is 0 Å². The Kier molecular flexibility index (Phi) is 7.46. The molecule has 3 aromatic rings. The van der Waals surface area contributed by atoms with Gasteiger partial charge < -0.3 is 25.3 Å². The zero-order valence-electron chi connectivity index (χ0n) is 24.2. The van der Waals surface area contributed by atoms with E-state index in [4.69, 9.17) is 24.9 Å². The third-order valence-corrected chi connectivity index (χ3v) is 9.85. The van der Waals surface area contributed by atoms with Crippen LogP contribution in [0.1, 0.15) is 68.6 Å². The quantitative estimate of drug-likeness (QED) is 0.335. The minimum Gasteiger partial charge on any atom is -0.474 e. The van der Waals surface area contributed by atoms with Gasteiger partial charge >= 0.3 is 5.97 Å². The fraction of sp³-hybridized carbons (Fsp3) is 0.517. The standard InChI is InChI=1S/C29H37N5O6S/c1-16(11-17(2)41(6,36)37)39-26-21-13-31-24(12-20(21)22(14-32-26)28(4,30)15-38-5)33-23-8-7-19-25(34-23)29(9-10-29)18(3)40-27(19)35/h7-8,12-14,16-18H,9-11,15,30H2,1-6H3,(H,31,33,34)/t16-,17-,18+,28-/m1/s1. The number of ether oxygens (including phenoxy) is 3. The molecule has 2 aliphatic rings. The van der Waals surface area contributed by atoms with Crippen LogP contribution in [0.4, 0.5) is 11.6 Å². The number of rotatable bonds is 10. The Morgan fingerprint density at radius 3 is 2.59 bits per heavy atom. The number of hydrogen-bond acceptors (Lipinski definition) is 11. The minimum atomic E-state index is -3.20. The van der Waals surface area contributed by atoms with Crippen molar-refractivity contribution in [3.63, 3.8) is 0 Å². The van der Waals surface area contributed by atoms with Crippen molar-refractivity contribution < 1.29 is 27.4 Å². The highest BCUT2D eigenvalue weighted by atomic mass is 32.2. The summed E-state index contributed by atoms with van der Waals surface area (Å²) in [5, 5.41) is 4.11. The number of sulfone groups is 1. The Morgan fingerprint density at radius 2 is 1.93 bits per heavy atom. The number of methoxy groups -OCH3 is 1. The van der Waals surface area contributed by atoms with Crippen molar-refractivity contribution in [2.45, 2.75) is 75.4 Å². The van der Waals surface area contributed by atoms with E-state index in [0.29, 0.717) is 34.9 Å². The third-order valence-electron chi connectivity index (χ3n) is 8.20. The maximum atomic E-state index is 12.5. The van der Waals surface area contributed by atoms with Crippen molar-refractivity contribution >= 4 is 38.2 Å². The van der Waals surface area contributed by atoms with Crippen LogP contribution < -0.4 is 15.8 Å². The van der Waals surface area contributed by atoms with Crippen molar-refractivity contribution in [1.29, 1.82) is 0 Å². The first-order valence-electron chi connectivity index (χ1n) is 13.7. The number of carbonyl (C=O) groups excluding carboxylic acids is 1. The van der Waals surface area contributed by atoms with Crippen LogP contribution in [-0.2, 0) is 30.3 Å². The van der Waals surface area contributed by atoms with Crippen molar-refractivity contribution in [3.05, 3.63) is 47.4 Å². The highest BCUT2D eigenvalue weighted by Gasteiger charge is 2.56. The lowest BCUT2D eigenvalue weighted by Gasteiger charge is -2.30. The molecule has 4 heterocycles. The number of cyclic esters (lactones) is 1. The second kappa shape index (κ2) is 10.5. The fourth-order valence-corrected chi connectivity index (χ4v) is 6.12. The van der Waals surface area contributed by atoms with Gasteiger partial charge in [0.1, 0.15) is 27.6 Å². The van der Waals surface area contributed by atoms with Gasteiger partial charge in [-0.1, -0.05) is 0 Å². The molecule has 0 aromatic carbocycles. The molecule has 0 amide bonds. The third kappa shape index (κ3) is 5.60. The maximum Gasteiger partial charge on any atom is 0.340 e. The molecule has 1 aliphatic heterocycles. The molecule has 11 nitrogen and oxygen atoms in total. The summed E-state index contributed by atoms with van der Waals surface area (Å²) in [6.45, 7) is 7.51. The van der Waals surface area contributed by atoms with Crippen LogP contribution >= 0.6 is 0 Å². The summed E-state index contributed by atoms with van der Waals surface area (Å²) in [5.41, 5.74) is 7.56. The van der Waals surface area contributed by atoms with Gasteiger partial charge in [-0.25, -0.2) is 28.2 Å². The summed E-state index contributed by atoms with van der Waals surface area (Å²) in [4.78, 5) is 26.4. The van der Waals surface area contributed by atoms with E-state index in [1.807, 2.05) is 26.8 Å². The van der Waals surface area contributed by atoms with E-state index in [-0.39, 0.29) is 24.1 Å². The summed E-state index contributed by atoms with van der Waals surface area (Å²) in [7, 11) is -1.61. The molecule has 1 spiro atoms. The molecule has 0 radical (unpaired) electrons. The van der Waals surface area contributed by atoms with Gasteiger partial charge in [0, 0.05) is 37.7 Å². The van der Waals surface area contributed by atoms with Crippen LogP contribution in [0.15, 0.2) is 30.6 Å². The normalized spacial score (nSPS) is 20.6. The molecule has 12 heteroatoms. The van der Waals surface area contributed by atoms with E-state index in [0.717, 1.165) is 29.5 Å². The van der Waals surface area contributed by atoms with Crippen molar-refractivity contribution in [2.24, 2.45) is 5.73 Å². The second-order valence-electron chi connectivity index (χ2n) is 11.7. The van der Waals surface area contributed by atoms with E-state index in [9.17, 15) is 13.2 Å². The van der Waals surface area contributed by atoms with Crippen LogP contribution in [0.3, 0.4) is 0 Å². The van der Waals surface area contributed by atoms with Crippen LogP contribution in [0.25, 0.3) is 10.8 Å². The van der Waals surface area contributed by atoms with E-state index in [1.54, 1.807) is 38.6 Å². The monoisotopic (exact) mass is 583 g/mol. The minimum absolute atomic E-state index is 0.219. The van der Waals surface area contributed by atoms with Gasteiger partial charge in [-0.05, 0) is 64.1 Å². The number of carbonyl (C=O) groups is 1. The summed E-state index contributed by atoms with van der Waals surface area (Å²) >= 11 is 0. The highest BCUT2D eigenvalue weighted by Crippen LogP contribution is 2.54. The molecule has 1 aliphatic carbocycles. The Bertz CT molecular complexity index is 1600. The van der Waals surface area contributed by atoms with Gasteiger partial charge in [0.05, 0.1) is 45.6 Å². The summed E-state index contributed by atoms with van der Waals surface area (Å²) < 4.78 is 41.0. The lowest BCUT2D eigenvalue weighted by molar-refractivity contribution is 0.0183. The summed E-state index contributed by atoms with van der Waals surface area (Å²) in [5.74, 6) is 1.07. The first-order chi connectivity index (χ1) is 19.2. The molecular formula is C29H37N5O6S. The lowest BCUT2D eigenvalue weighted by atomic mass is 9.89. The SMILES string of the molecule is COC[C@@](C)(N)c1cnc(O[C@H](C)C[C@@H](C)S(C)(=O)=O)c2cnc(Nc3ccc4c(n3)C3(CC3)[C@H](C)OC4=O)cc12. The number of nitrogens with one attached hydrogen (secondary N) is 1. The zero-order valence-corrected chi connectivity index (χ0v) is 25.0. The van der Waals surface area contributed by atoms with E-state index < -0.39 is 26.7 Å². The molecule has 0 saturated heterocycles. The van der Waals surface area contributed by atoms with Crippen LogP contribution in [0.2, 0.25) is 0 Å². The van der Waals surface area contributed by atoms with Gasteiger partial charge in [0.25, 0.3) is 0 Å². The van der Waals surface area contributed by atoms with E-state index >= 15 is 0 Å². The molecule has 1 saturated carbocycles. The molecule has 3 aromatic heterocycles. The van der Waals surface area contributed by atoms with Crippen molar-refractivity contribution in [1.82, 2.24) is 15.0 Å². The molecular weight excluding hydrogens is 546 g/mol. The molecule has 0 unspecified atom stereocenters. The average molecular weight is 584 g/mol. The second-order valence-corrected chi connectivity index (χ2v) is 14.1. The molecule has 0 bridgehead atoms. The van der Waals surface area contributed by atoms with Gasteiger partial charge in [0.2, 0.25) is 5.88 Å². The predicted octanol–water partition coefficient (Wildman–Crippen LogP) is 3.77. The Morgan fingerprint density at radius 1 is 1.20 bits per heavy atom. The average Bonchev–Trinajstić information content (AvgIpc) is 3.69. The van der Waals surface area contributed by atoms with E-state index in [1.165, 1.54) is 6.26 Å². The number of anilines is 2. The number of fused-ring (bicyclic) bond motifs is 3. The number of hydrogen-bond donors (Lipinski definition) is 2. The van der Waals surface area contributed by atoms with Crippen LogP contribution in [0, 0.1) is 0 Å². The number of pyridine rings is 3. The Labute approximate surface area is 240 Å². The van der Waals surface area contributed by atoms with Gasteiger partial charge in [-0.3, -0.25) is 0 Å². The lowest BCUT2D eigenvalue weighted by Crippen LogP contribution is -2.38.